The van der Waals surface area contributed by atoms with E-state index in [0.717, 1.165) is 17.6 Å². The molecular weight excluding hydrogens is 198 g/mol. The molecule has 0 radical (unpaired) electrons. The average Bonchev–Trinajstić information content (AvgIpc) is 2.71. The molecular formula is C13H19N3. The zero-order valence-corrected chi connectivity index (χ0v) is 9.89. The van der Waals surface area contributed by atoms with Gasteiger partial charge in [0.25, 0.3) is 0 Å². The number of unbranched alkanes of at least 4 members (excludes halogenated alkanes) is 4. The predicted octanol–water partition coefficient (Wildman–Crippen LogP) is 3.40. The Kier molecular flexibility index (Phi) is 3.91. The van der Waals surface area contributed by atoms with Crippen molar-refractivity contribution in [1.82, 2.24) is 15.0 Å². The Bertz CT molecular complexity index is 400. The minimum atomic E-state index is 0.943. The number of aromatic nitrogens is 3. The molecule has 3 nitrogen and oxygen atoms in total. The van der Waals surface area contributed by atoms with Gasteiger partial charge in [-0.25, -0.2) is 0 Å². The molecule has 2 aromatic rings. The first-order valence-corrected chi connectivity index (χ1v) is 6.20. The summed E-state index contributed by atoms with van der Waals surface area (Å²) in [6, 6.07) is 8.02. The van der Waals surface area contributed by atoms with Crippen LogP contribution in [0.5, 0.6) is 0 Å². The first kappa shape index (κ1) is 11.1. The molecule has 0 atom stereocenters. The second-order valence-electron chi connectivity index (χ2n) is 4.20. The predicted molar refractivity (Wildman–Crippen MR) is 66.3 cm³/mol. The van der Waals surface area contributed by atoms with Gasteiger partial charge >= 0.3 is 0 Å². The Morgan fingerprint density at radius 3 is 2.19 bits per heavy atom. The van der Waals surface area contributed by atoms with E-state index in [1.165, 1.54) is 32.1 Å². The molecule has 0 aliphatic heterocycles. The zero-order chi connectivity index (χ0) is 11.2. The van der Waals surface area contributed by atoms with Gasteiger partial charge in [-0.3, -0.25) is 0 Å². The Labute approximate surface area is 96.5 Å². The van der Waals surface area contributed by atoms with E-state index >= 15 is 0 Å². The smallest absolute Gasteiger partial charge is 0.113 e. The number of nitrogens with zero attached hydrogens (tertiary/aromatic N) is 3. The molecule has 3 heteroatoms. The van der Waals surface area contributed by atoms with Crippen LogP contribution in [0.15, 0.2) is 24.3 Å². The van der Waals surface area contributed by atoms with Crippen LogP contribution in [-0.2, 0) is 6.54 Å². The highest BCUT2D eigenvalue weighted by Crippen LogP contribution is 2.08. The Hall–Kier alpha value is -1.38. The van der Waals surface area contributed by atoms with Crippen LogP contribution < -0.4 is 0 Å². The van der Waals surface area contributed by atoms with Crippen molar-refractivity contribution in [1.29, 1.82) is 0 Å². The van der Waals surface area contributed by atoms with Gasteiger partial charge in [0.2, 0.25) is 0 Å². The van der Waals surface area contributed by atoms with Gasteiger partial charge in [-0.05, 0) is 18.6 Å². The standard InChI is InChI=1S/C13H19N3/c1-2-3-4-5-8-11-16-14-12-9-6-7-10-13(12)15-16/h6-7,9-10H,2-5,8,11H2,1H3. The maximum absolute atomic E-state index is 4.44. The van der Waals surface area contributed by atoms with Crippen molar-refractivity contribution in [2.24, 2.45) is 0 Å². The Balaban J connectivity index is 1.85. The third kappa shape index (κ3) is 2.81. The second kappa shape index (κ2) is 5.64. The number of hydrogen-bond donors (Lipinski definition) is 0. The zero-order valence-electron chi connectivity index (χ0n) is 9.89. The normalized spacial score (nSPS) is 11.1. The second-order valence-corrected chi connectivity index (χ2v) is 4.20. The van der Waals surface area contributed by atoms with Gasteiger partial charge < -0.3 is 0 Å². The average molecular weight is 217 g/mol. The van der Waals surface area contributed by atoms with Crippen molar-refractivity contribution in [3.8, 4) is 0 Å². The molecule has 0 amide bonds. The topological polar surface area (TPSA) is 30.7 Å². The van der Waals surface area contributed by atoms with E-state index in [0.29, 0.717) is 0 Å². The third-order valence-corrected chi connectivity index (χ3v) is 2.79. The summed E-state index contributed by atoms with van der Waals surface area (Å²) in [6.07, 6.45) is 6.43. The molecule has 0 unspecified atom stereocenters. The number of benzene rings is 1. The maximum Gasteiger partial charge on any atom is 0.113 e. The summed E-state index contributed by atoms with van der Waals surface area (Å²) in [5.74, 6) is 0. The van der Waals surface area contributed by atoms with Crippen LogP contribution >= 0.6 is 0 Å². The van der Waals surface area contributed by atoms with Gasteiger partial charge in [-0.15, -0.1) is 0 Å². The van der Waals surface area contributed by atoms with Crippen LogP contribution in [0.2, 0.25) is 0 Å². The number of hydrogen-bond acceptors (Lipinski definition) is 2. The molecule has 1 heterocycles. The lowest BCUT2D eigenvalue weighted by atomic mass is 10.2. The number of fused-ring (bicyclic) bond motifs is 1. The highest BCUT2D eigenvalue weighted by Gasteiger charge is 2.00. The molecule has 16 heavy (non-hydrogen) atoms. The first-order chi connectivity index (χ1) is 7.90. The van der Waals surface area contributed by atoms with Gasteiger partial charge in [0.1, 0.15) is 11.0 Å². The van der Waals surface area contributed by atoms with Crippen molar-refractivity contribution in [2.45, 2.75) is 45.6 Å². The molecule has 86 valence electrons. The van der Waals surface area contributed by atoms with Crippen molar-refractivity contribution >= 4 is 11.0 Å². The lowest BCUT2D eigenvalue weighted by Gasteiger charge is -1.99. The summed E-state index contributed by atoms with van der Waals surface area (Å²) < 4.78 is 0. The largest absolute Gasteiger partial charge is 0.184 e. The molecule has 0 saturated heterocycles. The van der Waals surface area contributed by atoms with Crippen LogP contribution in [0, 0.1) is 0 Å². The van der Waals surface area contributed by atoms with Crippen LogP contribution in [0.3, 0.4) is 0 Å². The molecule has 1 aromatic carbocycles. The van der Waals surface area contributed by atoms with Crippen molar-refractivity contribution in [3.05, 3.63) is 24.3 Å². The van der Waals surface area contributed by atoms with E-state index in [4.69, 9.17) is 0 Å². The summed E-state index contributed by atoms with van der Waals surface area (Å²) >= 11 is 0. The molecule has 0 fully saturated rings. The first-order valence-electron chi connectivity index (χ1n) is 6.20. The van der Waals surface area contributed by atoms with Crippen LogP contribution in [-0.4, -0.2) is 15.0 Å². The van der Waals surface area contributed by atoms with E-state index in [1.807, 2.05) is 29.1 Å². The summed E-state index contributed by atoms with van der Waals surface area (Å²) in [4.78, 5) is 1.83. The lowest BCUT2D eigenvalue weighted by molar-refractivity contribution is 0.491. The van der Waals surface area contributed by atoms with Gasteiger partial charge in [-0.2, -0.15) is 15.0 Å². The van der Waals surface area contributed by atoms with Crippen LogP contribution in [0.4, 0.5) is 0 Å². The number of aryl methyl sites for hydroxylation is 1. The van der Waals surface area contributed by atoms with Gasteiger partial charge in [0.05, 0.1) is 6.54 Å². The van der Waals surface area contributed by atoms with Crippen LogP contribution in [0.25, 0.3) is 11.0 Å². The van der Waals surface area contributed by atoms with E-state index in [2.05, 4.69) is 17.1 Å². The fourth-order valence-corrected chi connectivity index (χ4v) is 1.86. The van der Waals surface area contributed by atoms with Crippen molar-refractivity contribution in [2.75, 3.05) is 0 Å². The van der Waals surface area contributed by atoms with E-state index in [1.54, 1.807) is 0 Å². The summed E-state index contributed by atoms with van der Waals surface area (Å²) in [5.41, 5.74) is 1.99. The molecule has 0 saturated carbocycles. The molecule has 0 aliphatic carbocycles. The van der Waals surface area contributed by atoms with Gasteiger partial charge in [0.15, 0.2) is 0 Å². The lowest BCUT2D eigenvalue weighted by Crippen LogP contribution is -2.01. The Morgan fingerprint density at radius 1 is 0.938 bits per heavy atom. The Morgan fingerprint density at radius 2 is 1.56 bits per heavy atom. The SMILES string of the molecule is CCCCCCCn1nc2ccccc2n1. The van der Waals surface area contributed by atoms with E-state index < -0.39 is 0 Å². The van der Waals surface area contributed by atoms with Crippen molar-refractivity contribution in [3.63, 3.8) is 0 Å². The highest BCUT2D eigenvalue weighted by atomic mass is 15.5. The summed E-state index contributed by atoms with van der Waals surface area (Å²) in [7, 11) is 0. The minimum Gasteiger partial charge on any atom is -0.184 e. The molecule has 0 spiro atoms. The highest BCUT2D eigenvalue weighted by molar-refractivity contribution is 5.72. The fraction of sp³-hybridized carbons (Fsp3) is 0.538. The maximum atomic E-state index is 4.44. The van der Waals surface area contributed by atoms with Crippen molar-refractivity contribution < 1.29 is 0 Å². The van der Waals surface area contributed by atoms with E-state index in [-0.39, 0.29) is 0 Å². The molecule has 1 aromatic heterocycles. The van der Waals surface area contributed by atoms with Gasteiger partial charge in [-0.1, -0.05) is 44.7 Å². The monoisotopic (exact) mass is 217 g/mol. The summed E-state index contributed by atoms with van der Waals surface area (Å²) in [5, 5.41) is 8.87. The molecule has 2 rings (SSSR count). The minimum absolute atomic E-state index is 0.943. The molecule has 0 aliphatic rings. The fourth-order valence-electron chi connectivity index (χ4n) is 1.86. The number of rotatable bonds is 6. The van der Waals surface area contributed by atoms with Gasteiger partial charge in [0, 0.05) is 0 Å². The van der Waals surface area contributed by atoms with Crippen LogP contribution in [0.1, 0.15) is 39.0 Å². The molecule has 0 bridgehead atoms. The quantitative estimate of drug-likeness (QED) is 0.694. The third-order valence-electron chi connectivity index (χ3n) is 2.79. The molecule has 0 N–H and O–H groups in total. The summed E-state index contributed by atoms with van der Waals surface area (Å²) in [6.45, 7) is 3.18. The van der Waals surface area contributed by atoms with E-state index in [9.17, 15) is 0 Å².